The summed E-state index contributed by atoms with van der Waals surface area (Å²) in [7, 11) is 0. The first kappa shape index (κ1) is 14.6. The van der Waals surface area contributed by atoms with Crippen molar-refractivity contribution in [3.63, 3.8) is 0 Å². The van der Waals surface area contributed by atoms with E-state index < -0.39 is 11.9 Å². The standard InChI is InChI=1S/C14H13Cl2FN2O2/c15-9-5-8(6-10(16)13(9)17)19-7-12(20)18-4-2-1-3-11(18)14(19)21/h5-6,11H,1-4,7H2. The minimum Gasteiger partial charge on any atom is -0.329 e. The molecule has 2 amide bonds. The molecule has 2 heterocycles. The maximum absolute atomic E-state index is 13.5. The lowest BCUT2D eigenvalue weighted by molar-refractivity contribution is -0.144. The van der Waals surface area contributed by atoms with Crippen LogP contribution in [0.25, 0.3) is 0 Å². The van der Waals surface area contributed by atoms with Crippen molar-refractivity contribution in [2.24, 2.45) is 0 Å². The Bertz CT molecular complexity index is 600. The number of anilines is 1. The van der Waals surface area contributed by atoms with E-state index in [2.05, 4.69) is 0 Å². The zero-order chi connectivity index (χ0) is 15.1. The molecule has 0 spiro atoms. The minimum absolute atomic E-state index is 0.0619. The zero-order valence-corrected chi connectivity index (χ0v) is 12.6. The number of piperazine rings is 1. The summed E-state index contributed by atoms with van der Waals surface area (Å²) in [6.45, 7) is 0.557. The molecule has 0 aromatic heterocycles. The Balaban J connectivity index is 1.95. The molecule has 3 rings (SSSR count). The van der Waals surface area contributed by atoms with Crippen LogP contribution in [0.3, 0.4) is 0 Å². The fourth-order valence-electron chi connectivity index (χ4n) is 2.89. The van der Waals surface area contributed by atoms with Crippen LogP contribution in [0.1, 0.15) is 19.3 Å². The lowest BCUT2D eigenvalue weighted by Gasteiger charge is -2.42. The molecule has 2 aliphatic heterocycles. The molecular weight excluding hydrogens is 318 g/mol. The smallest absolute Gasteiger partial charge is 0.250 e. The van der Waals surface area contributed by atoms with Gasteiger partial charge in [0.2, 0.25) is 11.8 Å². The number of hydrogen-bond donors (Lipinski definition) is 0. The molecule has 4 nitrogen and oxygen atoms in total. The average Bonchev–Trinajstić information content (AvgIpc) is 2.48. The quantitative estimate of drug-likeness (QED) is 0.743. The molecule has 112 valence electrons. The van der Waals surface area contributed by atoms with E-state index in [1.807, 2.05) is 0 Å². The molecule has 2 fully saturated rings. The number of hydrogen-bond acceptors (Lipinski definition) is 2. The van der Waals surface area contributed by atoms with Gasteiger partial charge >= 0.3 is 0 Å². The number of piperidine rings is 1. The summed E-state index contributed by atoms with van der Waals surface area (Å²) < 4.78 is 13.5. The fraction of sp³-hybridized carbons (Fsp3) is 0.429. The van der Waals surface area contributed by atoms with Crippen molar-refractivity contribution in [3.8, 4) is 0 Å². The van der Waals surface area contributed by atoms with Gasteiger partial charge in [0, 0.05) is 12.2 Å². The number of amides is 2. The van der Waals surface area contributed by atoms with Crippen LogP contribution in [-0.2, 0) is 9.59 Å². The van der Waals surface area contributed by atoms with Crippen LogP contribution in [0, 0.1) is 5.82 Å². The van der Waals surface area contributed by atoms with Crippen molar-refractivity contribution in [1.29, 1.82) is 0 Å². The third-order valence-electron chi connectivity index (χ3n) is 3.95. The summed E-state index contributed by atoms with van der Waals surface area (Å²) in [5, 5.41) is -0.326. The van der Waals surface area contributed by atoms with Gasteiger partial charge in [-0.25, -0.2) is 4.39 Å². The van der Waals surface area contributed by atoms with Crippen molar-refractivity contribution in [2.45, 2.75) is 25.3 Å². The molecule has 0 bridgehead atoms. The second kappa shape index (κ2) is 5.46. The van der Waals surface area contributed by atoms with Crippen LogP contribution >= 0.6 is 23.2 Å². The highest BCUT2D eigenvalue weighted by Gasteiger charge is 2.41. The Hall–Kier alpha value is -1.33. The molecule has 0 saturated carbocycles. The fourth-order valence-corrected chi connectivity index (χ4v) is 3.36. The van der Waals surface area contributed by atoms with Crippen molar-refractivity contribution in [2.75, 3.05) is 18.0 Å². The van der Waals surface area contributed by atoms with Crippen molar-refractivity contribution >= 4 is 40.7 Å². The van der Waals surface area contributed by atoms with E-state index in [-0.39, 0.29) is 28.4 Å². The number of carbonyl (C=O) groups excluding carboxylic acids is 2. The summed E-state index contributed by atoms with van der Waals surface area (Å²) in [6, 6.07) is 2.22. The Kier molecular flexibility index (Phi) is 3.80. The summed E-state index contributed by atoms with van der Waals surface area (Å²) in [5.41, 5.74) is 0.356. The Morgan fingerprint density at radius 2 is 1.81 bits per heavy atom. The molecular formula is C14H13Cl2FN2O2. The Labute approximate surface area is 131 Å². The van der Waals surface area contributed by atoms with Gasteiger partial charge in [-0.1, -0.05) is 23.2 Å². The Morgan fingerprint density at radius 3 is 2.48 bits per heavy atom. The monoisotopic (exact) mass is 330 g/mol. The molecule has 2 saturated heterocycles. The molecule has 2 aliphatic rings. The first-order chi connectivity index (χ1) is 9.99. The predicted molar refractivity (Wildman–Crippen MR) is 78.1 cm³/mol. The number of nitrogens with zero attached hydrogens (tertiary/aromatic N) is 2. The number of carbonyl (C=O) groups is 2. The van der Waals surface area contributed by atoms with Crippen LogP contribution < -0.4 is 4.90 Å². The lowest BCUT2D eigenvalue weighted by Crippen LogP contribution is -2.61. The lowest BCUT2D eigenvalue weighted by atomic mass is 9.98. The number of fused-ring (bicyclic) bond motifs is 1. The highest BCUT2D eigenvalue weighted by molar-refractivity contribution is 6.35. The molecule has 0 radical (unpaired) electrons. The molecule has 1 aromatic rings. The van der Waals surface area contributed by atoms with Gasteiger partial charge in [0.05, 0.1) is 10.0 Å². The summed E-state index contributed by atoms with van der Waals surface area (Å²) >= 11 is 11.5. The molecule has 1 atom stereocenters. The van der Waals surface area contributed by atoms with Gasteiger partial charge in [0.1, 0.15) is 12.6 Å². The van der Waals surface area contributed by atoms with Gasteiger partial charge in [-0.15, -0.1) is 0 Å². The summed E-state index contributed by atoms with van der Waals surface area (Å²) in [6.07, 6.45) is 2.49. The molecule has 7 heteroatoms. The number of halogens is 3. The van der Waals surface area contributed by atoms with Crippen LogP contribution in [-0.4, -0.2) is 35.8 Å². The molecule has 0 aliphatic carbocycles. The van der Waals surface area contributed by atoms with Crippen LogP contribution in [0.5, 0.6) is 0 Å². The van der Waals surface area contributed by atoms with Gasteiger partial charge in [-0.05, 0) is 31.4 Å². The first-order valence-electron chi connectivity index (χ1n) is 6.74. The molecule has 1 unspecified atom stereocenters. The second-order valence-electron chi connectivity index (χ2n) is 5.25. The van der Waals surface area contributed by atoms with E-state index in [0.29, 0.717) is 18.7 Å². The third kappa shape index (κ3) is 2.49. The second-order valence-corrected chi connectivity index (χ2v) is 6.06. The average molecular weight is 331 g/mol. The maximum atomic E-state index is 13.5. The van der Waals surface area contributed by atoms with Crippen molar-refractivity contribution in [1.82, 2.24) is 4.90 Å². The molecule has 1 aromatic carbocycles. The van der Waals surface area contributed by atoms with E-state index in [0.717, 1.165) is 12.8 Å². The summed E-state index contributed by atoms with van der Waals surface area (Å²) in [4.78, 5) is 27.7. The summed E-state index contributed by atoms with van der Waals surface area (Å²) in [5.74, 6) is -0.985. The van der Waals surface area contributed by atoms with E-state index in [4.69, 9.17) is 23.2 Å². The Morgan fingerprint density at radius 1 is 1.14 bits per heavy atom. The van der Waals surface area contributed by atoms with Crippen molar-refractivity contribution in [3.05, 3.63) is 28.0 Å². The van der Waals surface area contributed by atoms with Gasteiger partial charge in [-0.2, -0.15) is 0 Å². The largest absolute Gasteiger partial charge is 0.329 e. The number of benzene rings is 1. The topological polar surface area (TPSA) is 40.6 Å². The van der Waals surface area contributed by atoms with E-state index in [1.165, 1.54) is 17.0 Å². The zero-order valence-electron chi connectivity index (χ0n) is 11.1. The van der Waals surface area contributed by atoms with E-state index in [1.54, 1.807) is 4.90 Å². The van der Waals surface area contributed by atoms with Crippen molar-refractivity contribution < 1.29 is 14.0 Å². The van der Waals surface area contributed by atoms with E-state index >= 15 is 0 Å². The number of rotatable bonds is 1. The van der Waals surface area contributed by atoms with Gasteiger partial charge in [-0.3, -0.25) is 9.59 Å². The van der Waals surface area contributed by atoms with Crippen LogP contribution in [0.15, 0.2) is 12.1 Å². The van der Waals surface area contributed by atoms with Gasteiger partial charge in [0.25, 0.3) is 0 Å². The van der Waals surface area contributed by atoms with Gasteiger partial charge in [0.15, 0.2) is 5.82 Å². The first-order valence-corrected chi connectivity index (χ1v) is 7.50. The van der Waals surface area contributed by atoms with Crippen LogP contribution in [0.4, 0.5) is 10.1 Å². The molecule has 0 N–H and O–H groups in total. The highest BCUT2D eigenvalue weighted by atomic mass is 35.5. The third-order valence-corrected chi connectivity index (χ3v) is 4.50. The molecule has 21 heavy (non-hydrogen) atoms. The van der Waals surface area contributed by atoms with E-state index in [9.17, 15) is 14.0 Å². The minimum atomic E-state index is -0.725. The maximum Gasteiger partial charge on any atom is 0.250 e. The SMILES string of the molecule is O=C1C2CCCCN2C(=O)CN1c1cc(Cl)c(F)c(Cl)c1. The van der Waals surface area contributed by atoms with Gasteiger partial charge < -0.3 is 9.80 Å². The predicted octanol–water partition coefficient (Wildman–Crippen LogP) is 2.86. The normalized spacial score (nSPS) is 22.5. The highest BCUT2D eigenvalue weighted by Crippen LogP contribution is 2.32. The van der Waals surface area contributed by atoms with Crippen LogP contribution in [0.2, 0.25) is 10.0 Å².